The predicted molar refractivity (Wildman–Crippen MR) is 146 cm³/mol. The average molecular weight is 553 g/mol. The number of halogens is 2. The lowest BCUT2D eigenvalue weighted by molar-refractivity contribution is 0.0582. The molecule has 6 rings (SSSR count). The second kappa shape index (κ2) is 10.3. The van der Waals surface area contributed by atoms with E-state index in [0.29, 0.717) is 12.1 Å². The Balaban J connectivity index is 1.50. The number of fused-ring (bicyclic) bond motifs is 1. The maximum atomic E-state index is 14.5. The number of carbonyl (C=O) groups is 1. The SMILES string of the molecule is COC1CCC(n2c([C@@H]3CCOC(=O)N3c3ccc(Cl)c(F)c3)nc3cc(-c4c(C)noc4C)ccc32)CC1. The van der Waals surface area contributed by atoms with Crippen LogP contribution in [-0.2, 0) is 9.47 Å². The van der Waals surface area contributed by atoms with Crippen LogP contribution in [0.3, 0.4) is 0 Å². The van der Waals surface area contributed by atoms with Crippen LogP contribution >= 0.6 is 11.6 Å². The second-order valence-electron chi connectivity index (χ2n) is 10.3. The zero-order valence-corrected chi connectivity index (χ0v) is 22.9. The fourth-order valence-corrected chi connectivity index (χ4v) is 6.19. The van der Waals surface area contributed by atoms with E-state index in [1.165, 1.54) is 17.0 Å². The molecule has 2 aromatic carbocycles. The largest absolute Gasteiger partial charge is 0.449 e. The van der Waals surface area contributed by atoms with Crippen molar-refractivity contribution in [3.05, 3.63) is 64.5 Å². The Bertz CT molecular complexity index is 1520. The number of aromatic nitrogens is 3. The van der Waals surface area contributed by atoms with Crippen LogP contribution in [0, 0.1) is 19.7 Å². The van der Waals surface area contributed by atoms with Gasteiger partial charge < -0.3 is 18.6 Å². The molecule has 1 aliphatic carbocycles. The lowest BCUT2D eigenvalue weighted by atomic mass is 9.92. The number of imidazole rings is 1. The molecule has 4 aromatic rings. The summed E-state index contributed by atoms with van der Waals surface area (Å²) in [5.41, 5.74) is 4.92. The molecule has 8 nitrogen and oxygen atoms in total. The Kier molecular flexibility index (Phi) is 6.81. The first-order valence-electron chi connectivity index (χ1n) is 13.2. The van der Waals surface area contributed by atoms with E-state index in [9.17, 15) is 9.18 Å². The maximum absolute atomic E-state index is 14.5. The maximum Gasteiger partial charge on any atom is 0.414 e. The number of ether oxygens (including phenoxy) is 2. The highest BCUT2D eigenvalue weighted by Gasteiger charge is 2.38. The number of benzene rings is 2. The number of anilines is 1. The zero-order valence-electron chi connectivity index (χ0n) is 22.1. The molecule has 1 saturated carbocycles. The van der Waals surface area contributed by atoms with Crippen molar-refractivity contribution in [2.75, 3.05) is 18.6 Å². The van der Waals surface area contributed by atoms with Gasteiger partial charge in [0.2, 0.25) is 0 Å². The lowest BCUT2D eigenvalue weighted by Crippen LogP contribution is -2.42. The molecule has 1 amide bonds. The first-order valence-corrected chi connectivity index (χ1v) is 13.6. The normalized spacial score (nSPS) is 21.9. The van der Waals surface area contributed by atoms with Gasteiger partial charge in [-0.3, -0.25) is 4.90 Å². The molecular formula is C29H30ClFN4O4. The third-order valence-electron chi connectivity index (χ3n) is 7.99. The minimum Gasteiger partial charge on any atom is -0.449 e. The van der Waals surface area contributed by atoms with E-state index in [2.05, 4.69) is 27.9 Å². The number of hydrogen-bond acceptors (Lipinski definition) is 6. The summed E-state index contributed by atoms with van der Waals surface area (Å²) in [4.78, 5) is 19.8. The lowest BCUT2D eigenvalue weighted by Gasteiger charge is -2.37. The monoisotopic (exact) mass is 552 g/mol. The first-order chi connectivity index (χ1) is 18.9. The molecule has 204 valence electrons. The Hall–Kier alpha value is -3.43. The van der Waals surface area contributed by atoms with Crippen molar-refractivity contribution in [1.29, 1.82) is 0 Å². The average Bonchev–Trinajstić information content (AvgIpc) is 3.48. The van der Waals surface area contributed by atoms with Gasteiger partial charge in [-0.1, -0.05) is 22.8 Å². The molecule has 2 aromatic heterocycles. The number of amides is 1. The highest BCUT2D eigenvalue weighted by atomic mass is 35.5. The van der Waals surface area contributed by atoms with E-state index in [1.54, 1.807) is 13.2 Å². The molecule has 2 fully saturated rings. The number of aryl methyl sites for hydroxylation is 2. The molecule has 0 radical (unpaired) electrons. The van der Waals surface area contributed by atoms with Gasteiger partial charge >= 0.3 is 6.09 Å². The van der Waals surface area contributed by atoms with E-state index >= 15 is 0 Å². The summed E-state index contributed by atoms with van der Waals surface area (Å²) in [5, 5.41) is 4.11. The number of nitrogens with zero attached hydrogens (tertiary/aromatic N) is 4. The van der Waals surface area contributed by atoms with Gasteiger partial charge in [0, 0.05) is 25.1 Å². The standard InChI is InChI=1S/C29H30ClFN4O4/c1-16-27(17(2)39-33-16)18-4-11-25-24(14-18)32-28(34(25)19-5-8-21(37-3)9-6-19)26-12-13-38-29(36)35(26)20-7-10-22(30)23(31)15-20/h4,7,10-11,14-15,19,21,26H,5-6,8-9,12-13H2,1-3H3/t19?,21?,26-/m0/s1. The fourth-order valence-electron chi connectivity index (χ4n) is 6.07. The first kappa shape index (κ1) is 25.8. The summed E-state index contributed by atoms with van der Waals surface area (Å²) in [6, 6.07) is 10.3. The van der Waals surface area contributed by atoms with E-state index in [-0.39, 0.29) is 23.8 Å². The number of hydrogen-bond donors (Lipinski definition) is 0. The van der Waals surface area contributed by atoms with Crippen LogP contribution < -0.4 is 4.90 Å². The van der Waals surface area contributed by atoms with E-state index in [4.69, 9.17) is 30.6 Å². The van der Waals surface area contributed by atoms with Crippen LogP contribution in [0.4, 0.5) is 14.9 Å². The molecule has 1 atom stereocenters. The third-order valence-corrected chi connectivity index (χ3v) is 8.29. The third kappa shape index (κ3) is 4.57. The van der Waals surface area contributed by atoms with Crippen molar-refractivity contribution in [2.45, 2.75) is 64.1 Å². The highest BCUT2D eigenvalue weighted by Crippen LogP contribution is 2.41. The van der Waals surface area contributed by atoms with Crippen LogP contribution in [0.25, 0.3) is 22.2 Å². The van der Waals surface area contributed by atoms with Crippen molar-refractivity contribution in [3.63, 3.8) is 0 Å². The highest BCUT2D eigenvalue weighted by molar-refractivity contribution is 6.30. The van der Waals surface area contributed by atoms with Crippen LogP contribution in [-0.4, -0.2) is 40.6 Å². The molecule has 0 spiro atoms. The molecule has 2 aliphatic rings. The van der Waals surface area contributed by atoms with Crippen molar-refractivity contribution < 1.29 is 23.2 Å². The zero-order chi connectivity index (χ0) is 27.3. The quantitative estimate of drug-likeness (QED) is 0.258. The summed E-state index contributed by atoms with van der Waals surface area (Å²) in [5.74, 6) is 0.908. The number of methoxy groups -OCH3 is 1. The molecule has 1 aliphatic heterocycles. The van der Waals surface area contributed by atoms with Crippen LogP contribution in [0.2, 0.25) is 5.02 Å². The second-order valence-corrected chi connectivity index (χ2v) is 10.7. The summed E-state index contributed by atoms with van der Waals surface area (Å²) >= 11 is 5.95. The number of carbonyl (C=O) groups excluding carboxylic acids is 1. The van der Waals surface area contributed by atoms with Gasteiger partial charge in [-0.25, -0.2) is 14.2 Å². The minimum absolute atomic E-state index is 0.00493. The van der Waals surface area contributed by atoms with Crippen molar-refractivity contribution in [3.8, 4) is 11.1 Å². The van der Waals surface area contributed by atoms with Crippen molar-refractivity contribution in [1.82, 2.24) is 14.7 Å². The minimum atomic E-state index is -0.596. The Morgan fingerprint density at radius 3 is 2.56 bits per heavy atom. The van der Waals surface area contributed by atoms with Gasteiger partial charge in [-0.05, 0) is 75.4 Å². The van der Waals surface area contributed by atoms with Gasteiger partial charge in [0.25, 0.3) is 0 Å². The van der Waals surface area contributed by atoms with E-state index < -0.39 is 18.0 Å². The molecule has 1 saturated heterocycles. The topological polar surface area (TPSA) is 82.6 Å². The van der Waals surface area contributed by atoms with Gasteiger partial charge in [0.1, 0.15) is 23.4 Å². The number of rotatable bonds is 5. The van der Waals surface area contributed by atoms with E-state index in [0.717, 1.165) is 65.1 Å². The van der Waals surface area contributed by atoms with Gasteiger partial charge in [0.05, 0.1) is 40.1 Å². The summed E-state index contributed by atoms with van der Waals surface area (Å²) in [6.07, 6.45) is 3.95. The Morgan fingerprint density at radius 2 is 1.87 bits per heavy atom. The van der Waals surface area contributed by atoms with E-state index in [1.807, 2.05) is 13.8 Å². The van der Waals surface area contributed by atoms with Crippen LogP contribution in [0.15, 0.2) is 40.9 Å². The number of cyclic esters (lactones) is 1. The molecule has 39 heavy (non-hydrogen) atoms. The van der Waals surface area contributed by atoms with Crippen molar-refractivity contribution in [2.24, 2.45) is 0 Å². The predicted octanol–water partition coefficient (Wildman–Crippen LogP) is 7.32. The van der Waals surface area contributed by atoms with Crippen LogP contribution in [0.1, 0.15) is 61.5 Å². The summed E-state index contributed by atoms with van der Waals surface area (Å²) < 4.78 is 33.2. The summed E-state index contributed by atoms with van der Waals surface area (Å²) in [6.45, 7) is 4.07. The fraction of sp³-hybridized carbons (Fsp3) is 0.414. The Labute approximate surface area is 230 Å². The summed E-state index contributed by atoms with van der Waals surface area (Å²) in [7, 11) is 1.76. The van der Waals surface area contributed by atoms with Gasteiger partial charge in [-0.15, -0.1) is 0 Å². The molecule has 10 heteroatoms. The molecule has 0 bridgehead atoms. The van der Waals surface area contributed by atoms with Crippen molar-refractivity contribution >= 4 is 34.4 Å². The molecule has 3 heterocycles. The van der Waals surface area contributed by atoms with Gasteiger partial charge in [-0.2, -0.15) is 0 Å². The molecule has 0 unspecified atom stereocenters. The van der Waals surface area contributed by atoms with Crippen LogP contribution in [0.5, 0.6) is 0 Å². The molecular weight excluding hydrogens is 523 g/mol. The smallest absolute Gasteiger partial charge is 0.414 e. The van der Waals surface area contributed by atoms with Gasteiger partial charge in [0.15, 0.2) is 0 Å². The molecule has 0 N–H and O–H groups in total. The Morgan fingerprint density at radius 1 is 1.08 bits per heavy atom.